The van der Waals surface area contributed by atoms with E-state index < -0.39 is 0 Å². The molecule has 0 atom stereocenters. The van der Waals surface area contributed by atoms with Crippen LogP contribution in [0, 0.1) is 19.3 Å². The van der Waals surface area contributed by atoms with Crippen LogP contribution in [0.25, 0.3) is 0 Å². The number of nitrogens with zero attached hydrogens (tertiary/aromatic N) is 1. The Kier molecular flexibility index (Phi) is 3.16. The molecule has 1 heterocycles. The zero-order chi connectivity index (χ0) is 8.81. The van der Waals surface area contributed by atoms with E-state index in [4.69, 9.17) is 6.42 Å². The second kappa shape index (κ2) is 4.40. The molecule has 0 aliphatic rings. The molecule has 0 radical (unpaired) electrons. The van der Waals surface area contributed by atoms with Crippen LogP contribution in [-0.2, 0) is 0 Å². The lowest BCUT2D eigenvalue weighted by Crippen LogP contribution is -2.01. The van der Waals surface area contributed by atoms with Crippen molar-refractivity contribution < 1.29 is 0 Å². The van der Waals surface area contributed by atoms with Gasteiger partial charge in [-0.2, -0.15) is 0 Å². The lowest BCUT2D eigenvalue weighted by atomic mass is 10.3. The van der Waals surface area contributed by atoms with Crippen LogP contribution >= 0.6 is 0 Å². The number of terminal acetylenes is 1. The molecule has 0 unspecified atom stereocenters. The van der Waals surface area contributed by atoms with Crippen molar-refractivity contribution in [1.82, 2.24) is 4.98 Å². The first kappa shape index (κ1) is 8.61. The maximum absolute atomic E-state index is 5.11. The number of aryl methyl sites for hydroxylation is 1. The summed E-state index contributed by atoms with van der Waals surface area (Å²) >= 11 is 0. The molecule has 2 nitrogen and oxygen atoms in total. The summed E-state index contributed by atoms with van der Waals surface area (Å²) in [5, 5.41) is 3.13. The summed E-state index contributed by atoms with van der Waals surface area (Å²) in [4.78, 5) is 4.13. The Morgan fingerprint density at radius 2 is 2.50 bits per heavy atom. The first-order chi connectivity index (χ1) is 5.83. The van der Waals surface area contributed by atoms with E-state index in [0.717, 1.165) is 18.8 Å². The Balaban J connectivity index is 2.48. The highest BCUT2D eigenvalue weighted by Gasteiger charge is 1.90. The zero-order valence-electron chi connectivity index (χ0n) is 7.17. The number of rotatable bonds is 3. The summed E-state index contributed by atoms with van der Waals surface area (Å²) in [6, 6.07) is 3.96. The monoisotopic (exact) mass is 160 g/mol. The van der Waals surface area contributed by atoms with Crippen LogP contribution < -0.4 is 5.32 Å². The molecule has 0 fully saturated rings. The Morgan fingerprint density at radius 3 is 3.17 bits per heavy atom. The van der Waals surface area contributed by atoms with Crippen molar-refractivity contribution >= 4 is 5.82 Å². The van der Waals surface area contributed by atoms with Gasteiger partial charge in [0.2, 0.25) is 0 Å². The molecular formula is C10H12N2. The van der Waals surface area contributed by atoms with E-state index in [-0.39, 0.29) is 0 Å². The molecule has 0 saturated carbocycles. The van der Waals surface area contributed by atoms with Crippen molar-refractivity contribution in [3.63, 3.8) is 0 Å². The molecule has 0 aliphatic carbocycles. The van der Waals surface area contributed by atoms with Gasteiger partial charge in [-0.25, -0.2) is 4.98 Å². The number of nitrogens with one attached hydrogen (secondary N) is 1. The Hall–Kier alpha value is -1.49. The van der Waals surface area contributed by atoms with Crippen LogP contribution in [0.1, 0.15) is 12.0 Å². The Labute approximate surface area is 73.0 Å². The Morgan fingerprint density at radius 1 is 1.67 bits per heavy atom. The molecule has 12 heavy (non-hydrogen) atoms. The SMILES string of the molecule is C#CCCNc1cc(C)ccn1. The predicted octanol–water partition coefficient (Wildman–Crippen LogP) is 1.83. The minimum atomic E-state index is 0.732. The third-order valence-electron chi connectivity index (χ3n) is 1.49. The fourth-order valence-corrected chi connectivity index (χ4v) is 0.896. The van der Waals surface area contributed by atoms with Crippen molar-refractivity contribution in [2.24, 2.45) is 0 Å². The van der Waals surface area contributed by atoms with E-state index in [1.807, 2.05) is 19.1 Å². The summed E-state index contributed by atoms with van der Waals surface area (Å²) in [7, 11) is 0. The third kappa shape index (κ3) is 2.63. The van der Waals surface area contributed by atoms with Crippen molar-refractivity contribution in [2.45, 2.75) is 13.3 Å². The topological polar surface area (TPSA) is 24.9 Å². The standard InChI is InChI=1S/C10H12N2/c1-3-4-6-11-10-8-9(2)5-7-12-10/h1,5,7-8H,4,6H2,2H3,(H,11,12). The highest BCUT2D eigenvalue weighted by Crippen LogP contribution is 2.04. The number of hydrogen-bond acceptors (Lipinski definition) is 2. The average Bonchev–Trinajstić information content (AvgIpc) is 2.05. The molecule has 1 aromatic rings. The molecule has 0 spiro atoms. The van der Waals surface area contributed by atoms with E-state index in [1.54, 1.807) is 6.20 Å². The van der Waals surface area contributed by atoms with Crippen LogP contribution in [-0.4, -0.2) is 11.5 Å². The molecule has 0 amide bonds. The van der Waals surface area contributed by atoms with Crippen LogP contribution in [0.15, 0.2) is 18.3 Å². The van der Waals surface area contributed by atoms with Gasteiger partial charge < -0.3 is 5.32 Å². The van der Waals surface area contributed by atoms with Crippen molar-refractivity contribution in [1.29, 1.82) is 0 Å². The van der Waals surface area contributed by atoms with E-state index in [0.29, 0.717) is 0 Å². The molecule has 1 rings (SSSR count). The van der Waals surface area contributed by atoms with Crippen molar-refractivity contribution in [3.8, 4) is 12.3 Å². The van der Waals surface area contributed by atoms with Gasteiger partial charge in [0, 0.05) is 19.2 Å². The molecule has 0 aromatic carbocycles. The summed E-state index contributed by atoms with van der Waals surface area (Å²) in [5.74, 6) is 3.46. The molecule has 2 heteroatoms. The van der Waals surface area contributed by atoms with E-state index in [1.165, 1.54) is 5.56 Å². The van der Waals surface area contributed by atoms with Gasteiger partial charge in [-0.15, -0.1) is 12.3 Å². The normalized spacial score (nSPS) is 9.00. The zero-order valence-corrected chi connectivity index (χ0v) is 7.17. The van der Waals surface area contributed by atoms with Crippen LogP contribution in [0.5, 0.6) is 0 Å². The number of hydrogen-bond donors (Lipinski definition) is 1. The van der Waals surface area contributed by atoms with Crippen LogP contribution in [0.4, 0.5) is 5.82 Å². The van der Waals surface area contributed by atoms with Gasteiger partial charge in [-0.3, -0.25) is 0 Å². The average molecular weight is 160 g/mol. The second-order valence-corrected chi connectivity index (χ2v) is 2.60. The van der Waals surface area contributed by atoms with Crippen molar-refractivity contribution in [2.75, 3.05) is 11.9 Å². The van der Waals surface area contributed by atoms with Gasteiger partial charge in [-0.05, 0) is 24.6 Å². The second-order valence-electron chi connectivity index (χ2n) is 2.60. The molecule has 1 N–H and O–H groups in total. The molecule has 0 aliphatic heterocycles. The third-order valence-corrected chi connectivity index (χ3v) is 1.49. The minimum Gasteiger partial charge on any atom is -0.369 e. The highest BCUT2D eigenvalue weighted by atomic mass is 15.0. The van der Waals surface area contributed by atoms with E-state index >= 15 is 0 Å². The lowest BCUT2D eigenvalue weighted by molar-refractivity contribution is 1.07. The van der Waals surface area contributed by atoms with Gasteiger partial charge in [0.05, 0.1) is 0 Å². The summed E-state index contributed by atoms with van der Waals surface area (Å²) in [6.45, 7) is 2.82. The number of aromatic nitrogens is 1. The maximum Gasteiger partial charge on any atom is 0.126 e. The smallest absolute Gasteiger partial charge is 0.126 e. The molecule has 1 aromatic heterocycles. The van der Waals surface area contributed by atoms with Gasteiger partial charge in [0.1, 0.15) is 5.82 Å². The van der Waals surface area contributed by atoms with Gasteiger partial charge in [-0.1, -0.05) is 0 Å². The van der Waals surface area contributed by atoms with Gasteiger partial charge in [0.15, 0.2) is 0 Å². The molecule has 0 bridgehead atoms. The molecule has 62 valence electrons. The van der Waals surface area contributed by atoms with Crippen LogP contribution in [0.2, 0.25) is 0 Å². The Bertz CT molecular complexity index is 286. The van der Waals surface area contributed by atoms with E-state index in [9.17, 15) is 0 Å². The number of anilines is 1. The van der Waals surface area contributed by atoms with Gasteiger partial charge in [0.25, 0.3) is 0 Å². The summed E-state index contributed by atoms with van der Waals surface area (Å²) in [5.41, 5.74) is 1.20. The van der Waals surface area contributed by atoms with Crippen LogP contribution in [0.3, 0.4) is 0 Å². The summed E-state index contributed by atoms with van der Waals surface area (Å²) in [6.07, 6.45) is 7.63. The quantitative estimate of drug-likeness (QED) is 0.539. The molecule has 0 saturated heterocycles. The maximum atomic E-state index is 5.11. The van der Waals surface area contributed by atoms with Crippen molar-refractivity contribution in [3.05, 3.63) is 23.9 Å². The lowest BCUT2D eigenvalue weighted by Gasteiger charge is -2.02. The predicted molar refractivity (Wildman–Crippen MR) is 50.9 cm³/mol. The molecular weight excluding hydrogens is 148 g/mol. The van der Waals surface area contributed by atoms with E-state index in [2.05, 4.69) is 16.2 Å². The highest BCUT2D eigenvalue weighted by molar-refractivity contribution is 5.36. The number of pyridine rings is 1. The minimum absolute atomic E-state index is 0.732. The summed E-state index contributed by atoms with van der Waals surface area (Å²) < 4.78 is 0. The fraction of sp³-hybridized carbons (Fsp3) is 0.300. The first-order valence-corrected chi connectivity index (χ1v) is 3.93. The first-order valence-electron chi connectivity index (χ1n) is 3.93. The fourth-order valence-electron chi connectivity index (χ4n) is 0.896. The van der Waals surface area contributed by atoms with Gasteiger partial charge >= 0.3 is 0 Å². The largest absolute Gasteiger partial charge is 0.369 e.